The van der Waals surface area contributed by atoms with Crippen molar-refractivity contribution in [3.8, 4) is 0 Å². The van der Waals surface area contributed by atoms with Gasteiger partial charge in [0.1, 0.15) is 0 Å². The van der Waals surface area contributed by atoms with Crippen LogP contribution in [-0.4, -0.2) is 33.6 Å². The molecule has 0 bridgehead atoms. The lowest BCUT2D eigenvalue weighted by Crippen LogP contribution is -2.39. The molecule has 3 aromatic rings. The number of nitrogens with zero attached hydrogens (tertiary/aromatic N) is 2. The smallest absolute Gasteiger partial charge is 0.255 e. The van der Waals surface area contributed by atoms with Crippen LogP contribution in [0.1, 0.15) is 15.9 Å². The van der Waals surface area contributed by atoms with E-state index in [-0.39, 0.29) is 18.6 Å². The Morgan fingerprint density at radius 2 is 1.96 bits per heavy atom. The number of amides is 1. The average molecular weight is 307 g/mol. The number of nitrogens with one attached hydrogen (secondary N) is 1. The van der Waals surface area contributed by atoms with Gasteiger partial charge < -0.3 is 10.4 Å². The van der Waals surface area contributed by atoms with Crippen molar-refractivity contribution in [2.24, 2.45) is 0 Å². The van der Waals surface area contributed by atoms with Crippen LogP contribution in [0.5, 0.6) is 0 Å². The van der Waals surface area contributed by atoms with Crippen LogP contribution in [0.4, 0.5) is 0 Å². The van der Waals surface area contributed by atoms with Gasteiger partial charge in [0.05, 0.1) is 23.7 Å². The number of benzene rings is 1. The molecule has 0 radical (unpaired) electrons. The van der Waals surface area contributed by atoms with E-state index in [1.54, 1.807) is 18.5 Å². The summed E-state index contributed by atoms with van der Waals surface area (Å²) in [6, 6.07) is 13.0. The molecule has 0 fully saturated rings. The molecule has 2 N–H and O–H groups in total. The molecule has 0 aliphatic rings. The monoisotopic (exact) mass is 307 g/mol. The van der Waals surface area contributed by atoms with Crippen LogP contribution in [0.15, 0.2) is 61.1 Å². The molecule has 116 valence electrons. The van der Waals surface area contributed by atoms with Crippen LogP contribution in [-0.2, 0) is 6.42 Å². The molecule has 1 unspecified atom stereocenters. The quantitative estimate of drug-likeness (QED) is 0.755. The minimum atomic E-state index is -0.358. The van der Waals surface area contributed by atoms with E-state index in [1.807, 2.05) is 36.4 Å². The summed E-state index contributed by atoms with van der Waals surface area (Å²) in [5.41, 5.74) is 2.08. The standard InChI is InChI=1S/C18H17N3O2/c22-12-15(9-13-5-2-1-3-6-13)21-18(23)16-11-19-10-14-7-4-8-20-17(14)16/h1-8,10-11,15,22H,9,12H2,(H,21,23). The van der Waals surface area contributed by atoms with E-state index < -0.39 is 0 Å². The Balaban J connectivity index is 1.79. The highest BCUT2D eigenvalue weighted by Gasteiger charge is 2.16. The van der Waals surface area contributed by atoms with E-state index in [9.17, 15) is 9.90 Å². The van der Waals surface area contributed by atoms with Gasteiger partial charge in [0.25, 0.3) is 5.91 Å². The number of aliphatic hydroxyl groups excluding tert-OH is 1. The molecular weight excluding hydrogens is 290 g/mol. The molecule has 1 amide bonds. The van der Waals surface area contributed by atoms with Gasteiger partial charge in [-0.25, -0.2) is 0 Å². The molecule has 0 aliphatic carbocycles. The van der Waals surface area contributed by atoms with Crippen LogP contribution >= 0.6 is 0 Å². The van der Waals surface area contributed by atoms with Gasteiger partial charge >= 0.3 is 0 Å². The highest BCUT2D eigenvalue weighted by Crippen LogP contribution is 2.14. The molecule has 2 aromatic heterocycles. The Morgan fingerprint density at radius 3 is 2.74 bits per heavy atom. The lowest BCUT2D eigenvalue weighted by molar-refractivity contribution is 0.0917. The fourth-order valence-corrected chi connectivity index (χ4v) is 2.49. The molecule has 5 heteroatoms. The Kier molecular flexibility index (Phi) is 4.59. The number of aromatic nitrogens is 2. The van der Waals surface area contributed by atoms with Gasteiger partial charge in [0, 0.05) is 24.0 Å². The summed E-state index contributed by atoms with van der Waals surface area (Å²) >= 11 is 0. The Hall–Kier alpha value is -2.79. The number of fused-ring (bicyclic) bond motifs is 1. The average Bonchev–Trinajstić information content (AvgIpc) is 2.61. The summed E-state index contributed by atoms with van der Waals surface area (Å²) in [6.07, 6.45) is 5.38. The predicted molar refractivity (Wildman–Crippen MR) is 88.0 cm³/mol. The highest BCUT2D eigenvalue weighted by atomic mass is 16.3. The Bertz CT molecular complexity index is 800. The molecule has 0 saturated carbocycles. The van der Waals surface area contributed by atoms with Crippen molar-refractivity contribution in [3.05, 3.63) is 72.2 Å². The summed E-state index contributed by atoms with van der Waals surface area (Å²) in [5, 5.41) is 13.2. The molecule has 1 aromatic carbocycles. The largest absolute Gasteiger partial charge is 0.394 e. The number of pyridine rings is 2. The second-order valence-electron chi connectivity index (χ2n) is 5.30. The van der Waals surface area contributed by atoms with Crippen molar-refractivity contribution < 1.29 is 9.90 Å². The molecule has 0 spiro atoms. The summed E-state index contributed by atoms with van der Waals surface area (Å²) in [6.45, 7) is -0.133. The van der Waals surface area contributed by atoms with Crippen LogP contribution in [0.2, 0.25) is 0 Å². The van der Waals surface area contributed by atoms with Gasteiger partial charge in [0.2, 0.25) is 0 Å². The fourth-order valence-electron chi connectivity index (χ4n) is 2.49. The minimum Gasteiger partial charge on any atom is -0.394 e. The topological polar surface area (TPSA) is 75.1 Å². The summed E-state index contributed by atoms with van der Waals surface area (Å²) in [7, 11) is 0. The van der Waals surface area contributed by atoms with Crippen molar-refractivity contribution >= 4 is 16.8 Å². The lowest BCUT2D eigenvalue weighted by atomic mass is 10.1. The van der Waals surface area contributed by atoms with E-state index in [2.05, 4.69) is 15.3 Å². The first-order valence-corrected chi connectivity index (χ1v) is 7.42. The van der Waals surface area contributed by atoms with E-state index in [4.69, 9.17) is 0 Å². The van der Waals surface area contributed by atoms with Gasteiger partial charge in [-0.1, -0.05) is 30.3 Å². The number of carbonyl (C=O) groups is 1. The van der Waals surface area contributed by atoms with Gasteiger partial charge in [-0.15, -0.1) is 0 Å². The molecule has 5 nitrogen and oxygen atoms in total. The van der Waals surface area contributed by atoms with E-state index in [0.29, 0.717) is 17.5 Å². The fraction of sp³-hybridized carbons (Fsp3) is 0.167. The van der Waals surface area contributed by atoms with E-state index in [1.165, 1.54) is 6.20 Å². The zero-order chi connectivity index (χ0) is 16.1. The first kappa shape index (κ1) is 15.1. The van der Waals surface area contributed by atoms with Crippen LogP contribution < -0.4 is 5.32 Å². The maximum Gasteiger partial charge on any atom is 0.255 e. The third-order valence-electron chi connectivity index (χ3n) is 3.64. The number of aliphatic hydroxyl groups is 1. The van der Waals surface area contributed by atoms with Gasteiger partial charge in [-0.05, 0) is 24.1 Å². The van der Waals surface area contributed by atoms with Crippen molar-refractivity contribution in [2.45, 2.75) is 12.5 Å². The second-order valence-corrected chi connectivity index (χ2v) is 5.30. The van der Waals surface area contributed by atoms with Crippen LogP contribution in [0, 0.1) is 0 Å². The number of hydrogen-bond acceptors (Lipinski definition) is 4. The van der Waals surface area contributed by atoms with Crippen LogP contribution in [0.3, 0.4) is 0 Å². The first-order valence-electron chi connectivity index (χ1n) is 7.42. The molecule has 23 heavy (non-hydrogen) atoms. The SMILES string of the molecule is O=C(NC(CO)Cc1ccccc1)c1cncc2cccnc12. The maximum atomic E-state index is 12.5. The minimum absolute atomic E-state index is 0.133. The van der Waals surface area contributed by atoms with E-state index >= 15 is 0 Å². The van der Waals surface area contributed by atoms with Crippen LogP contribution in [0.25, 0.3) is 10.9 Å². The summed E-state index contributed by atoms with van der Waals surface area (Å²) < 4.78 is 0. The Labute approximate surface area is 134 Å². The summed E-state index contributed by atoms with van der Waals surface area (Å²) in [4.78, 5) is 20.9. The second kappa shape index (κ2) is 6.98. The van der Waals surface area contributed by atoms with Gasteiger partial charge in [-0.2, -0.15) is 0 Å². The highest BCUT2D eigenvalue weighted by molar-refractivity contribution is 6.04. The normalized spacial score (nSPS) is 12.0. The zero-order valence-electron chi connectivity index (χ0n) is 12.5. The van der Waals surface area contributed by atoms with Gasteiger partial charge in [0.15, 0.2) is 0 Å². The molecule has 1 atom stereocenters. The number of rotatable bonds is 5. The zero-order valence-corrected chi connectivity index (χ0v) is 12.5. The van der Waals surface area contributed by atoms with Crippen molar-refractivity contribution in [1.82, 2.24) is 15.3 Å². The van der Waals surface area contributed by atoms with Crippen molar-refractivity contribution in [3.63, 3.8) is 0 Å². The number of hydrogen-bond donors (Lipinski definition) is 2. The molecular formula is C18H17N3O2. The predicted octanol–water partition coefficient (Wildman–Crippen LogP) is 1.96. The Morgan fingerprint density at radius 1 is 1.13 bits per heavy atom. The molecule has 0 saturated heterocycles. The molecule has 0 aliphatic heterocycles. The van der Waals surface area contributed by atoms with Crippen molar-refractivity contribution in [2.75, 3.05) is 6.61 Å². The first-order chi connectivity index (χ1) is 11.3. The summed E-state index contributed by atoms with van der Waals surface area (Å²) in [5.74, 6) is -0.281. The van der Waals surface area contributed by atoms with Gasteiger partial charge in [-0.3, -0.25) is 14.8 Å². The van der Waals surface area contributed by atoms with E-state index in [0.717, 1.165) is 10.9 Å². The third kappa shape index (κ3) is 3.52. The third-order valence-corrected chi connectivity index (χ3v) is 3.64. The molecule has 2 heterocycles. The maximum absolute atomic E-state index is 12.5. The van der Waals surface area contributed by atoms with Crippen molar-refractivity contribution in [1.29, 1.82) is 0 Å². The molecule has 3 rings (SSSR count). The lowest BCUT2D eigenvalue weighted by Gasteiger charge is -2.16. The number of carbonyl (C=O) groups excluding carboxylic acids is 1.